The van der Waals surface area contributed by atoms with Gasteiger partial charge < -0.3 is 5.73 Å². The maximum atomic E-state index is 9.37. The number of aryl methyl sites for hydroxylation is 1. The smallest absolute Gasteiger partial charge is 0.102 e. The van der Waals surface area contributed by atoms with Crippen LogP contribution in [0.25, 0.3) is 11.3 Å². The van der Waals surface area contributed by atoms with Gasteiger partial charge in [-0.05, 0) is 30.2 Å². The second-order valence-corrected chi connectivity index (χ2v) is 5.14. The summed E-state index contributed by atoms with van der Waals surface area (Å²) in [6, 6.07) is 17.6. The molecule has 0 aromatic heterocycles. The number of nitrogens with two attached hydrogens (primary N) is 1. The minimum atomic E-state index is 0.502. The summed E-state index contributed by atoms with van der Waals surface area (Å²) in [7, 11) is 0. The predicted molar refractivity (Wildman–Crippen MR) is 81.9 cm³/mol. The zero-order valence-electron chi connectivity index (χ0n) is 10.5. The van der Waals surface area contributed by atoms with Crippen LogP contribution in [0.1, 0.15) is 16.7 Å². The SMILES string of the molecule is Cc1ccc(Br)cc1/C(N)=C(/C#N)c1ccccc1. The van der Waals surface area contributed by atoms with Crippen LogP contribution in [0.5, 0.6) is 0 Å². The molecule has 0 spiro atoms. The van der Waals surface area contributed by atoms with Crippen LogP contribution in [0.4, 0.5) is 0 Å². The van der Waals surface area contributed by atoms with Crippen molar-refractivity contribution in [2.75, 3.05) is 0 Å². The molecule has 2 aromatic rings. The van der Waals surface area contributed by atoms with Crippen LogP contribution in [0.2, 0.25) is 0 Å². The first-order valence-corrected chi connectivity index (χ1v) is 6.64. The van der Waals surface area contributed by atoms with E-state index in [1.807, 2.05) is 55.5 Å². The standard InChI is InChI=1S/C16H13BrN2/c1-11-7-8-13(17)9-14(11)16(19)15(10-18)12-5-3-2-4-6-12/h2-9H,19H2,1H3/b16-15+. The van der Waals surface area contributed by atoms with E-state index in [1.165, 1.54) is 0 Å². The van der Waals surface area contributed by atoms with Gasteiger partial charge in [0.15, 0.2) is 0 Å². The summed E-state index contributed by atoms with van der Waals surface area (Å²) >= 11 is 3.43. The Kier molecular flexibility index (Phi) is 4.03. The molecule has 2 rings (SSSR count). The Morgan fingerprint density at radius 1 is 1.16 bits per heavy atom. The molecule has 0 saturated heterocycles. The first kappa shape index (κ1) is 13.4. The largest absolute Gasteiger partial charge is 0.397 e. The molecule has 0 bridgehead atoms. The zero-order chi connectivity index (χ0) is 13.8. The van der Waals surface area contributed by atoms with E-state index in [0.717, 1.165) is 21.2 Å². The number of nitriles is 1. The van der Waals surface area contributed by atoms with Gasteiger partial charge >= 0.3 is 0 Å². The second-order valence-electron chi connectivity index (χ2n) is 4.23. The van der Waals surface area contributed by atoms with Crippen LogP contribution >= 0.6 is 15.9 Å². The van der Waals surface area contributed by atoms with Gasteiger partial charge in [-0.3, -0.25) is 0 Å². The Morgan fingerprint density at radius 2 is 1.84 bits per heavy atom. The van der Waals surface area contributed by atoms with Crippen molar-refractivity contribution in [3.8, 4) is 6.07 Å². The number of hydrogen-bond donors (Lipinski definition) is 1. The Morgan fingerprint density at radius 3 is 2.47 bits per heavy atom. The summed E-state index contributed by atoms with van der Waals surface area (Å²) in [6.07, 6.45) is 0. The third-order valence-electron chi connectivity index (χ3n) is 2.93. The van der Waals surface area contributed by atoms with Crippen LogP contribution in [-0.2, 0) is 0 Å². The van der Waals surface area contributed by atoms with E-state index in [2.05, 4.69) is 22.0 Å². The molecule has 94 valence electrons. The highest BCUT2D eigenvalue weighted by atomic mass is 79.9. The van der Waals surface area contributed by atoms with Crippen molar-refractivity contribution in [3.63, 3.8) is 0 Å². The van der Waals surface area contributed by atoms with Crippen molar-refractivity contribution in [1.82, 2.24) is 0 Å². The van der Waals surface area contributed by atoms with Crippen molar-refractivity contribution in [1.29, 1.82) is 5.26 Å². The molecule has 0 atom stereocenters. The molecule has 0 radical (unpaired) electrons. The van der Waals surface area contributed by atoms with Crippen molar-refractivity contribution >= 4 is 27.2 Å². The van der Waals surface area contributed by atoms with Crippen molar-refractivity contribution in [3.05, 3.63) is 69.7 Å². The Hall–Kier alpha value is -2.05. The summed E-state index contributed by atoms with van der Waals surface area (Å²) in [4.78, 5) is 0. The molecule has 0 aliphatic heterocycles. The van der Waals surface area contributed by atoms with Gasteiger partial charge in [0.25, 0.3) is 0 Å². The lowest BCUT2D eigenvalue weighted by molar-refractivity contribution is 1.38. The summed E-state index contributed by atoms with van der Waals surface area (Å²) in [5.74, 6) is 0. The van der Waals surface area contributed by atoms with Crippen molar-refractivity contribution in [2.45, 2.75) is 6.92 Å². The molecule has 0 saturated carbocycles. The minimum Gasteiger partial charge on any atom is -0.397 e. The summed E-state index contributed by atoms with van der Waals surface area (Å²) < 4.78 is 0.946. The molecule has 2 N–H and O–H groups in total. The molecule has 0 amide bonds. The molecule has 0 heterocycles. The molecule has 3 heteroatoms. The molecule has 2 aromatic carbocycles. The fraction of sp³-hybridized carbons (Fsp3) is 0.0625. The van der Waals surface area contributed by atoms with Crippen LogP contribution in [0.3, 0.4) is 0 Å². The van der Waals surface area contributed by atoms with E-state index in [9.17, 15) is 5.26 Å². The number of nitrogens with zero attached hydrogens (tertiary/aromatic N) is 1. The number of allylic oxidation sites excluding steroid dienone is 1. The van der Waals surface area contributed by atoms with Crippen LogP contribution in [0.15, 0.2) is 53.0 Å². The highest BCUT2D eigenvalue weighted by Gasteiger charge is 2.10. The Balaban J connectivity index is 2.62. The number of hydrogen-bond acceptors (Lipinski definition) is 2. The molecule has 0 fully saturated rings. The molecule has 19 heavy (non-hydrogen) atoms. The van der Waals surface area contributed by atoms with E-state index < -0.39 is 0 Å². The fourth-order valence-electron chi connectivity index (χ4n) is 1.90. The highest BCUT2D eigenvalue weighted by molar-refractivity contribution is 9.10. The van der Waals surface area contributed by atoms with E-state index in [0.29, 0.717) is 11.3 Å². The predicted octanol–water partition coefficient (Wildman–Crippen LogP) is 4.11. The highest BCUT2D eigenvalue weighted by Crippen LogP contribution is 2.26. The monoisotopic (exact) mass is 312 g/mol. The first-order chi connectivity index (χ1) is 9.13. The van der Waals surface area contributed by atoms with E-state index in [4.69, 9.17) is 5.73 Å². The topological polar surface area (TPSA) is 49.8 Å². The fourth-order valence-corrected chi connectivity index (χ4v) is 2.27. The van der Waals surface area contributed by atoms with Gasteiger partial charge in [0, 0.05) is 10.0 Å². The van der Waals surface area contributed by atoms with E-state index in [1.54, 1.807) is 0 Å². The maximum absolute atomic E-state index is 9.37. The molecular weight excluding hydrogens is 300 g/mol. The van der Waals surface area contributed by atoms with Gasteiger partial charge in [0.05, 0.1) is 11.3 Å². The van der Waals surface area contributed by atoms with Gasteiger partial charge in [0.1, 0.15) is 6.07 Å². The molecule has 0 unspecified atom stereocenters. The van der Waals surface area contributed by atoms with Gasteiger partial charge in [-0.2, -0.15) is 5.26 Å². The summed E-state index contributed by atoms with van der Waals surface area (Å²) in [5, 5.41) is 9.37. The quantitative estimate of drug-likeness (QED) is 0.670. The average molecular weight is 313 g/mol. The Bertz CT molecular complexity index is 667. The van der Waals surface area contributed by atoms with Gasteiger partial charge in [-0.25, -0.2) is 0 Å². The lowest BCUT2D eigenvalue weighted by atomic mass is 9.98. The lowest BCUT2D eigenvalue weighted by Gasteiger charge is -2.10. The zero-order valence-corrected chi connectivity index (χ0v) is 12.1. The van der Waals surface area contributed by atoms with Crippen LogP contribution in [-0.4, -0.2) is 0 Å². The summed E-state index contributed by atoms with van der Waals surface area (Å²) in [6.45, 7) is 1.98. The third-order valence-corrected chi connectivity index (χ3v) is 3.43. The molecule has 2 nitrogen and oxygen atoms in total. The van der Waals surface area contributed by atoms with Crippen molar-refractivity contribution in [2.24, 2.45) is 5.73 Å². The normalized spacial score (nSPS) is 11.6. The number of halogens is 1. The second kappa shape index (κ2) is 5.73. The summed E-state index contributed by atoms with van der Waals surface area (Å²) in [5.41, 5.74) is 9.96. The average Bonchev–Trinajstić information content (AvgIpc) is 2.43. The molecule has 0 aliphatic carbocycles. The van der Waals surface area contributed by atoms with E-state index in [-0.39, 0.29) is 0 Å². The van der Waals surface area contributed by atoms with Crippen LogP contribution < -0.4 is 5.73 Å². The third kappa shape index (κ3) is 2.86. The number of rotatable bonds is 2. The van der Waals surface area contributed by atoms with Crippen LogP contribution in [0, 0.1) is 18.3 Å². The van der Waals surface area contributed by atoms with Gasteiger partial charge in [-0.15, -0.1) is 0 Å². The molecular formula is C16H13BrN2. The minimum absolute atomic E-state index is 0.502. The van der Waals surface area contributed by atoms with Crippen molar-refractivity contribution < 1.29 is 0 Å². The Labute approximate surface area is 121 Å². The van der Waals surface area contributed by atoms with E-state index >= 15 is 0 Å². The number of benzene rings is 2. The first-order valence-electron chi connectivity index (χ1n) is 5.85. The van der Waals surface area contributed by atoms with Gasteiger partial charge in [0.2, 0.25) is 0 Å². The lowest BCUT2D eigenvalue weighted by Crippen LogP contribution is -2.02. The van der Waals surface area contributed by atoms with Gasteiger partial charge in [-0.1, -0.05) is 52.3 Å². The maximum Gasteiger partial charge on any atom is 0.102 e. The molecule has 0 aliphatic rings.